The number of piperidine rings is 1. The SMILES string of the molecule is CCc1cnc(N2CCC(c3ccc(COc4ccc(S)cc4F)cc3)CC2)nc1. The Morgan fingerprint density at radius 2 is 1.73 bits per heavy atom. The molecule has 0 atom stereocenters. The Hall–Kier alpha value is -2.60. The molecule has 1 aromatic heterocycles. The van der Waals surface area contributed by atoms with Crippen molar-refractivity contribution < 1.29 is 9.13 Å². The van der Waals surface area contributed by atoms with Crippen LogP contribution in [0.5, 0.6) is 5.75 Å². The normalized spacial score (nSPS) is 14.7. The monoisotopic (exact) mass is 423 g/mol. The summed E-state index contributed by atoms with van der Waals surface area (Å²) in [6, 6.07) is 13.2. The number of halogens is 1. The summed E-state index contributed by atoms with van der Waals surface area (Å²) >= 11 is 4.13. The first-order chi connectivity index (χ1) is 14.6. The van der Waals surface area contributed by atoms with E-state index in [4.69, 9.17) is 4.74 Å². The zero-order valence-corrected chi connectivity index (χ0v) is 18.0. The molecule has 1 aliphatic heterocycles. The van der Waals surface area contributed by atoms with Crippen LogP contribution >= 0.6 is 12.6 Å². The molecule has 0 unspecified atom stereocenters. The highest BCUT2D eigenvalue weighted by Gasteiger charge is 2.22. The lowest BCUT2D eigenvalue weighted by molar-refractivity contribution is 0.290. The van der Waals surface area contributed by atoms with Crippen LogP contribution in [0.2, 0.25) is 0 Å². The molecule has 1 saturated heterocycles. The lowest BCUT2D eigenvalue weighted by Gasteiger charge is -2.32. The van der Waals surface area contributed by atoms with E-state index in [0.717, 1.165) is 43.9 Å². The fourth-order valence-electron chi connectivity index (χ4n) is 3.76. The summed E-state index contributed by atoms with van der Waals surface area (Å²) in [7, 11) is 0. The number of hydrogen-bond donors (Lipinski definition) is 1. The predicted molar refractivity (Wildman–Crippen MR) is 120 cm³/mol. The van der Waals surface area contributed by atoms with Crippen molar-refractivity contribution >= 4 is 18.6 Å². The van der Waals surface area contributed by atoms with E-state index in [2.05, 4.69) is 58.7 Å². The van der Waals surface area contributed by atoms with Gasteiger partial charge in [-0.3, -0.25) is 0 Å². The number of ether oxygens (including phenoxy) is 1. The fourth-order valence-corrected chi connectivity index (χ4v) is 3.95. The van der Waals surface area contributed by atoms with Gasteiger partial charge in [-0.2, -0.15) is 0 Å². The van der Waals surface area contributed by atoms with E-state index >= 15 is 0 Å². The van der Waals surface area contributed by atoms with Gasteiger partial charge in [-0.1, -0.05) is 31.2 Å². The molecule has 0 amide bonds. The van der Waals surface area contributed by atoms with Gasteiger partial charge in [0, 0.05) is 30.4 Å². The third-order valence-corrected chi connectivity index (χ3v) is 5.92. The zero-order valence-electron chi connectivity index (χ0n) is 17.1. The van der Waals surface area contributed by atoms with Crippen LogP contribution < -0.4 is 9.64 Å². The van der Waals surface area contributed by atoms with Crippen molar-refractivity contribution in [2.24, 2.45) is 0 Å². The summed E-state index contributed by atoms with van der Waals surface area (Å²) in [6.07, 6.45) is 6.97. The van der Waals surface area contributed by atoms with Crippen molar-refractivity contribution in [3.63, 3.8) is 0 Å². The first kappa shape index (κ1) is 20.7. The average Bonchev–Trinajstić information content (AvgIpc) is 2.79. The van der Waals surface area contributed by atoms with Gasteiger partial charge in [0.2, 0.25) is 5.95 Å². The van der Waals surface area contributed by atoms with Crippen LogP contribution in [0, 0.1) is 5.82 Å². The number of aryl methyl sites for hydroxylation is 1. The molecule has 3 aromatic rings. The van der Waals surface area contributed by atoms with Crippen molar-refractivity contribution in [1.82, 2.24) is 9.97 Å². The Bertz CT molecular complexity index is 971. The molecule has 0 radical (unpaired) electrons. The van der Waals surface area contributed by atoms with Crippen molar-refractivity contribution in [2.75, 3.05) is 18.0 Å². The standard InChI is InChI=1S/C24H26FN3OS/c1-2-17-14-26-24(27-15-17)28-11-9-20(10-12-28)19-5-3-18(4-6-19)16-29-23-8-7-21(30)13-22(23)25/h3-8,13-15,20,30H,2,9-12,16H2,1H3. The lowest BCUT2D eigenvalue weighted by Crippen LogP contribution is -2.34. The van der Waals surface area contributed by atoms with Gasteiger partial charge in [0.1, 0.15) is 6.61 Å². The Morgan fingerprint density at radius 1 is 1.03 bits per heavy atom. The van der Waals surface area contributed by atoms with Crippen molar-refractivity contribution in [3.05, 3.63) is 77.4 Å². The average molecular weight is 424 g/mol. The van der Waals surface area contributed by atoms with E-state index in [9.17, 15) is 4.39 Å². The first-order valence-corrected chi connectivity index (χ1v) is 10.8. The quantitative estimate of drug-likeness (QED) is 0.537. The summed E-state index contributed by atoms with van der Waals surface area (Å²) in [5.74, 6) is 1.22. The Kier molecular flexibility index (Phi) is 6.53. The Balaban J connectivity index is 1.31. The number of nitrogens with zero attached hydrogens (tertiary/aromatic N) is 3. The second-order valence-corrected chi connectivity index (χ2v) is 8.17. The van der Waals surface area contributed by atoms with E-state index in [1.807, 2.05) is 12.4 Å². The van der Waals surface area contributed by atoms with Crippen LogP contribution in [-0.4, -0.2) is 23.1 Å². The number of aromatic nitrogens is 2. The molecule has 6 heteroatoms. The van der Waals surface area contributed by atoms with Gasteiger partial charge in [-0.05, 0) is 60.1 Å². The first-order valence-electron chi connectivity index (χ1n) is 10.4. The molecule has 2 heterocycles. The van der Waals surface area contributed by atoms with Gasteiger partial charge in [0.05, 0.1) is 0 Å². The minimum absolute atomic E-state index is 0.249. The predicted octanol–water partition coefficient (Wildman–Crippen LogP) is 5.43. The highest BCUT2D eigenvalue weighted by molar-refractivity contribution is 7.80. The molecule has 4 rings (SSSR count). The molecule has 0 aliphatic carbocycles. The van der Waals surface area contributed by atoms with Gasteiger partial charge in [-0.15, -0.1) is 12.6 Å². The topological polar surface area (TPSA) is 38.2 Å². The van der Waals surface area contributed by atoms with Crippen molar-refractivity contribution in [3.8, 4) is 5.75 Å². The van der Waals surface area contributed by atoms with Crippen molar-refractivity contribution in [2.45, 2.75) is 43.6 Å². The third-order valence-electron chi connectivity index (χ3n) is 5.64. The number of thiol groups is 1. The van der Waals surface area contributed by atoms with Gasteiger partial charge in [0.15, 0.2) is 11.6 Å². The molecular weight excluding hydrogens is 397 g/mol. The molecule has 1 fully saturated rings. The third kappa shape index (κ3) is 4.93. The molecule has 0 spiro atoms. The second kappa shape index (κ2) is 9.47. The smallest absolute Gasteiger partial charge is 0.225 e. The molecule has 0 bridgehead atoms. The molecular formula is C24H26FN3OS. The zero-order chi connectivity index (χ0) is 20.9. The Morgan fingerprint density at radius 3 is 2.37 bits per heavy atom. The van der Waals surface area contributed by atoms with E-state index in [0.29, 0.717) is 17.4 Å². The van der Waals surface area contributed by atoms with Gasteiger partial charge < -0.3 is 9.64 Å². The second-order valence-electron chi connectivity index (χ2n) is 7.65. The molecule has 30 heavy (non-hydrogen) atoms. The summed E-state index contributed by atoms with van der Waals surface area (Å²) in [5.41, 5.74) is 3.53. The molecule has 156 valence electrons. The number of benzene rings is 2. The number of anilines is 1. The van der Waals surface area contributed by atoms with Crippen LogP contribution in [0.3, 0.4) is 0 Å². The fraction of sp³-hybridized carbons (Fsp3) is 0.333. The number of hydrogen-bond acceptors (Lipinski definition) is 5. The van der Waals surface area contributed by atoms with Crippen LogP contribution in [0.15, 0.2) is 59.8 Å². The number of rotatable bonds is 6. The summed E-state index contributed by atoms with van der Waals surface area (Å²) in [4.78, 5) is 11.9. The maximum atomic E-state index is 13.9. The van der Waals surface area contributed by atoms with E-state index in [1.165, 1.54) is 17.2 Å². The van der Waals surface area contributed by atoms with Crippen molar-refractivity contribution in [1.29, 1.82) is 0 Å². The Labute approximate surface area is 182 Å². The minimum Gasteiger partial charge on any atom is -0.486 e. The van der Waals surface area contributed by atoms with Crippen LogP contribution in [0.25, 0.3) is 0 Å². The van der Waals surface area contributed by atoms with E-state index in [1.54, 1.807) is 12.1 Å². The largest absolute Gasteiger partial charge is 0.486 e. The molecule has 4 nitrogen and oxygen atoms in total. The summed E-state index contributed by atoms with van der Waals surface area (Å²) < 4.78 is 19.5. The van der Waals surface area contributed by atoms with Gasteiger partial charge in [0.25, 0.3) is 0 Å². The van der Waals surface area contributed by atoms with Crippen LogP contribution in [0.4, 0.5) is 10.3 Å². The van der Waals surface area contributed by atoms with Gasteiger partial charge in [-0.25, -0.2) is 14.4 Å². The maximum absolute atomic E-state index is 13.9. The molecule has 0 saturated carbocycles. The summed E-state index contributed by atoms with van der Waals surface area (Å²) in [5, 5.41) is 0. The highest BCUT2D eigenvalue weighted by atomic mass is 32.1. The lowest BCUT2D eigenvalue weighted by atomic mass is 9.89. The molecule has 0 N–H and O–H groups in total. The molecule has 2 aromatic carbocycles. The van der Waals surface area contributed by atoms with Gasteiger partial charge >= 0.3 is 0 Å². The van der Waals surface area contributed by atoms with Crippen LogP contribution in [-0.2, 0) is 13.0 Å². The molecule has 1 aliphatic rings. The van der Waals surface area contributed by atoms with E-state index < -0.39 is 0 Å². The summed E-state index contributed by atoms with van der Waals surface area (Å²) in [6.45, 7) is 4.37. The maximum Gasteiger partial charge on any atom is 0.225 e. The highest BCUT2D eigenvalue weighted by Crippen LogP contribution is 2.30. The van der Waals surface area contributed by atoms with Crippen LogP contribution in [0.1, 0.15) is 42.4 Å². The minimum atomic E-state index is -0.390. The van der Waals surface area contributed by atoms with E-state index in [-0.39, 0.29) is 11.6 Å².